The van der Waals surface area contributed by atoms with Gasteiger partial charge in [0.2, 0.25) is 0 Å². The van der Waals surface area contributed by atoms with Crippen LogP contribution in [0.2, 0.25) is 6.32 Å². The number of imidazole rings is 1. The van der Waals surface area contributed by atoms with Crippen LogP contribution in [0.3, 0.4) is 0 Å². The van der Waals surface area contributed by atoms with E-state index in [9.17, 15) is 0 Å². The first-order valence-electron chi connectivity index (χ1n) is 9.53. The number of benzene rings is 2. The minimum Gasteiger partial charge on any atom is -0.336 e. The van der Waals surface area contributed by atoms with E-state index in [0.717, 1.165) is 12.9 Å². The summed E-state index contributed by atoms with van der Waals surface area (Å²) in [6.07, 6.45) is 6.43. The van der Waals surface area contributed by atoms with Crippen LogP contribution in [0.1, 0.15) is 35.1 Å². The molecule has 0 aliphatic carbocycles. The minimum atomic E-state index is 0.0641. The molecule has 1 unspecified atom stereocenters. The van der Waals surface area contributed by atoms with Gasteiger partial charge in [0.1, 0.15) is 7.85 Å². The Morgan fingerprint density at radius 2 is 1.59 bits per heavy atom. The van der Waals surface area contributed by atoms with Gasteiger partial charge in [0.05, 0.1) is 18.3 Å². The maximum Gasteiger partial charge on any atom is 0.102 e. The lowest BCUT2D eigenvalue weighted by Gasteiger charge is -2.20. The number of nitrogens with zero attached hydrogens (tertiary/aromatic N) is 3. The maximum absolute atomic E-state index is 8.45. The van der Waals surface area contributed by atoms with E-state index in [1.807, 2.05) is 17.7 Å². The third-order valence-corrected chi connectivity index (χ3v) is 4.80. The van der Waals surface area contributed by atoms with Crippen LogP contribution in [0.4, 0.5) is 0 Å². The Labute approximate surface area is 164 Å². The van der Waals surface area contributed by atoms with E-state index in [-0.39, 0.29) is 5.92 Å². The first-order chi connectivity index (χ1) is 13.1. The molecule has 0 N–H and O–H groups in total. The minimum absolute atomic E-state index is 0.0641. The predicted molar refractivity (Wildman–Crippen MR) is 115 cm³/mol. The molecular weight excluding hydrogens is 329 g/mol. The second-order valence-electron chi connectivity index (χ2n) is 6.96. The Balaban J connectivity index is 0.000000223. The zero-order valence-electron chi connectivity index (χ0n) is 16.8. The quantitative estimate of drug-likeness (QED) is 0.630. The fourth-order valence-electron chi connectivity index (χ4n) is 3.31. The monoisotopic (exact) mass is 357 g/mol. The van der Waals surface area contributed by atoms with Crippen molar-refractivity contribution in [3.8, 4) is 6.07 Å². The number of hydrogen-bond acceptors (Lipinski definition) is 2. The third kappa shape index (κ3) is 5.86. The van der Waals surface area contributed by atoms with Crippen molar-refractivity contribution in [1.29, 1.82) is 5.26 Å². The Hall–Kier alpha value is -2.80. The van der Waals surface area contributed by atoms with Crippen LogP contribution in [0, 0.1) is 31.1 Å². The van der Waals surface area contributed by atoms with Crippen LogP contribution in [0.15, 0.2) is 67.3 Å². The molecule has 0 fully saturated rings. The standard InChI is InChI=1S/C16H19B.C7H9N3/c1-12-7-3-5-9-14(12)16(11-17)15-10-6-4-8-13(15)2;1-7(4-8)5-10-3-2-9-6-10/h3-10,16H,11,17H2,1-2H3;2-3,6-7H,5H2,1H3. The van der Waals surface area contributed by atoms with Crippen molar-refractivity contribution >= 4 is 7.85 Å². The van der Waals surface area contributed by atoms with E-state index in [2.05, 4.69) is 81.3 Å². The molecule has 138 valence electrons. The van der Waals surface area contributed by atoms with Gasteiger partial charge in [-0.05, 0) is 43.0 Å². The molecule has 2 aromatic carbocycles. The largest absolute Gasteiger partial charge is 0.336 e. The topological polar surface area (TPSA) is 41.6 Å². The van der Waals surface area contributed by atoms with Crippen molar-refractivity contribution < 1.29 is 0 Å². The molecule has 3 aromatic rings. The van der Waals surface area contributed by atoms with Crippen molar-refractivity contribution in [3.63, 3.8) is 0 Å². The summed E-state index contributed by atoms with van der Waals surface area (Å²) in [5.41, 5.74) is 5.71. The molecule has 0 amide bonds. The molecule has 4 heteroatoms. The number of aryl methyl sites for hydroxylation is 2. The molecule has 0 radical (unpaired) electrons. The van der Waals surface area contributed by atoms with E-state index in [0.29, 0.717) is 5.92 Å². The van der Waals surface area contributed by atoms with Gasteiger partial charge in [-0.2, -0.15) is 5.26 Å². The van der Waals surface area contributed by atoms with Gasteiger partial charge in [0, 0.05) is 24.9 Å². The van der Waals surface area contributed by atoms with Gasteiger partial charge >= 0.3 is 0 Å². The molecule has 0 aliphatic heterocycles. The van der Waals surface area contributed by atoms with E-state index in [4.69, 9.17) is 5.26 Å². The van der Waals surface area contributed by atoms with Crippen LogP contribution in [0.25, 0.3) is 0 Å². The zero-order chi connectivity index (χ0) is 19.6. The highest BCUT2D eigenvalue weighted by Gasteiger charge is 2.15. The molecule has 1 aromatic heterocycles. The molecule has 0 bridgehead atoms. The average molecular weight is 357 g/mol. The van der Waals surface area contributed by atoms with E-state index < -0.39 is 0 Å². The van der Waals surface area contributed by atoms with Crippen LogP contribution in [-0.4, -0.2) is 17.4 Å². The molecule has 0 aliphatic rings. The summed E-state index contributed by atoms with van der Waals surface area (Å²) in [5, 5.41) is 8.45. The van der Waals surface area contributed by atoms with Gasteiger partial charge in [-0.25, -0.2) is 4.98 Å². The normalized spacial score (nSPS) is 11.4. The van der Waals surface area contributed by atoms with Gasteiger partial charge in [-0.1, -0.05) is 54.9 Å². The number of aromatic nitrogens is 2. The molecular formula is C23H28BN3. The van der Waals surface area contributed by atoms with Crippen molar-refractivity contribution in [1.82, 2.24) is 9.55 Å². The van der Waals surface area contributed by atoms with E-state index in [1.165, 1.54) is 22.3 Å². The summed E-state index contributed by atoms with van der Waals surface area (Å²) in [4.78, 5) is 3.86. The fourth-order valence-corrected chi connectivity index (χ4v) is 3.31. The first-order valence-corrected chi connectivity index (χ1v) is 9.53. The lowest BCUT2D eigenvalue weighted by molar-refractivity contribution is 0.580. The van der Waals surface area contributed by atoms with Gasteiger partial charge in [0.25, 0.3) is 0 Å². The van der Waals surface area contributed by atoms with Crippen molar-refractivity contribution in [2.24, 2.45) is 5.92 Å². The molecule has 0 saturated carbocycles. The van der Waals surface area contributed by atoms with Crippen LogP contribution < -0.4 is 0 Å². The smallest absolute Gasteiger partial charge is 0.102 e. The predicted octanol–water partition coefficient (Wildman–Crippen LogP) is 4.53. The summed E-state index contributed by atoms with van der Waals surface area (Å²) in [6.45, 7) is 7.03. The number of hydrogen-bond donors (Lipinski definition) is 0. The zero-order valence-corrected chi connectivity index (χ0v) is 16.8. The van der Waals surface area contributed by atoms with E-state index in [1.54, 1.807) is 12.5 Å². The molecule has 0 spiro atoms. The van der Waals surface area contributed by atoms with Crippen LogP contribution in [0.5, 0.6) is 0 Å². The summed E-state index contributed by atoms with van der Waals surface area (Å²) in [6, 6.07) is 19.6. The molecule has 1 heterocycles. The van der Waals surface area contributed by atoms with E-state index >= 15 is 0 Å². The average Bonchev–Trinajstić information content (AvgIpc) is 3.18. The molecule has 0 saturated heterocycles. The summed E-state index contributed by atoms with van der Waals surface area (Å²) >= 11 is 0. The lowest BCUT2D eigenvalue weighted by atomic mass is 9.78. The van der Waals surface area contributed by atoms with Crippen molar-refractivity contribution in [2.75, 3.05) is 0 Å². The Kier molecular flexibility index (Phi) is 7.89. The van der Waals surface area contributed by atoms with Crippen LogP contribution in [-0.2, 0) is 6.54 Å². The highest BCUT2D eigenvalue weighted by Crippen LogP contribution is 2.31. The van der Waals surface area contributed by atoms with Crippen molar-refractivity contribution in [2.45, 2.75) is 39.6 Å². The number of nitriles is 1. The van der Waals surface area contributed by atoms with Gasteiger partial charge < -0.3 is 4.57 Å². The SMILES string of the molecule is BCC(c1ccccc1C)c1ccccc1C.CC(C#N)Cn1ccnc1. The highest BCUT2D eigenvalue weighted by molar-refractivity contribution is 6.09. The summed E-state index contributed by atoms with van der Waals surface area (Å²) < 4.78 is 1.90. The van der Waals surface area contributed by atoms with Crippen molar-refractivity contribution in [3.05, 3.63) is 89.5 Å². The maximum atomic E-state index is 8.45. The van der Waals surface area contributed by atoms with Crippen LogP contribution >= 0.6 is 0 Å². The second-order valence-corrected chi connectivity index (χ2v) is 6.96. The first kappa shape index (κ1) is 20.5. The molecule has 27 heavy (non-hydrogen) atoms. The highest BCUT2D eigenvalue weighted by atomic mass is 15.0. The molecule has 3 rings (SSSR count). The van der Waals surface area contributed by atoms with Gasteiger partial charge in [-0.15, -0.1) is 0 Å². The Bertz CT molecular complexity index is 820. The van der Waals surface area contributed by atoms with Gasteiger partial charge in [0.15, 0.2) is 0 Å². The Morgan fingerprint density at radius 3 is 2.00 bits per heavy atom. The fraction of sp³-hybridized carbons (Fsp3) is 0.304. The lowest BCUT2D eigenvalue weighted by Crippen LogP contribution is -2.04. The third-order valence-electron chi connectivity index (χ3n) is 4.80. The number of rotatable bonds is 5. The molecule has 3 nitrogen and oxygen atoms in total. The summed E-state index contributed by atoms with van der Waals surface area (Å²) in [7, 11) is 2.27. The Morgan fingerprint density at radius 1 is 1.04 bits per heavy atom. The van der Waals surface area contributed by atoms with Gasteiger partial charge in [-0.3, -0.25) is 0 Å². The second kappa shape index (κ2) is 10.4. The molecule has 1 atom stereocenters. The summed E-state index contributed by atoms with van der Waals surface area (Å²) in [5.74, 6) is 0.589.